The lowest BCUT2D eigenvalue weighted by Gasteiger charge is -2.20. The van der Waals surface area contributed by atoms with Crippen LogP contribution in [0.15, 0.2) is 24.3 Å². The Morgan fingerprint density at radius 1 is 1.31 bits per heavy atom. The Kier molecular flexibility index (Phi) is 2.68. The van der Waals surface area contributed by atoms with Crippen molar-refractivity contribution >= 4 is 6.29 Å². The van der Waals surface area contributed by atoms with Gasteiger partial charge in [0.1, 0.15) is 12.0 Å². The number of benzene rings is 1. The van der Waals surface area contributed by atoms with Gasteiger partial charge in [0, 0.05) is 5.56 Å². The van der Waals surface area contributed by atoms with Crippen molar-refractivity contribution in [2.45, 2.75) is 19.6 Å². The second-order valence-corrected chi connectivity index (χ2v) is 3.39. The van der Waals surface area contributed by atoms with Crippen LogP contribution < -0.4 is 10.5 Å². The highest BCUT2D eigenvalue weighted by molar-refractivity contribution is 5.74. The molecule has 0 aliphatic rings. The molecule has 1 aromatic carbocycles. The second kappa shape index (κ2) is 3.58. The molecule has 0 aliphatic heterocycles. The number of ether oxygens (including phenoxy) is 1. The summed E-state index contributed by atoms with van der Waals surface area (Å²) in [6.45, 7) is 3.53. The molecule has 0 aromatic heterocycles. The number of aldehydes is 1. The highest BCUT2D eigenvalue weighted by atomic mass is 16.5. The number of hydrogen-bond acceptors (Lipinski definition) is 3. The zero-order chi connectivity index (χ0) is 9.90. The third-order valence-corrected chi connectivity index (χ3v) is 1.40. The Bertz CT molecular complexity index is 285. The average Bonchev–Trinajstić information content (AvgIpc) is 2.03. The number of carbonyl (C=O) groups is 1. The molecule has 13 heavy (non-hydrogen) atoms. The van der Waals surface area contributed by atoms with Crippen molar-refractivity contribution < 1.29 is 9.53 Å². The lowest BCUT2D eigenvalue weighted by Crippen LogP contribution is -2.38. The number of rotatable bonds is 3. The van der Waals surface area contributed by atoms with Crippen LogP contribution in [0.3, 0.4) is 0 Å². The Morgan fingerprint density at radius 3 is 2.23 bits per heavy atom. The van der Waals surface area contributed by atoms with Gasteiger partial charge in [-0.3, -0.25) is 10.5 Å². The number of hydrogen-bond donors (Lipinski definition) is 1. The van der Waals surface area contributed by atoms with Gasteiger partial charge in [0.15, 0.2) is 5.72 Å². The third-order valence-electron chi connectivity index (χ3n) is 1.40. The van der Waals surface area contributed by atoms with E-state index in [9.17, 15) is 4.79 Å². The van der Waals surface area contributed by atoms with Gasteiger partial charge in [0.05, 0.1) is 0 Å². The number of nitrogens with two attached hydrogens (primary N) is 1. The lowest BCUT2D eigenvalue weighted by atomic mass is 10.2. The first-order chi connectivity index (χ1) is 6.01. The maximum Gasteiger partial charge on any atom is 0.152 e. The van der Waals surface area contributed by atoms with Crippen LogP contribution >= 0.6 is 0 Å². The maximum atomic E-state index is 10.3. The minimum Gasteiger partial charge on any atom is -0.474 e. The van der Waals surface area contributed by atoms with Crippen LogP contribution in [-0.2, 0) is 0 Å². The van der Waals surface area contributed by atoms with E-state index in [0.29, 0.717) is 11.3 Å². The lowest BCUT2D eigenvalue weighted by molar-refractivity contribution is 0.112. The largest absolute Gasteiger partial charge is 0.474 e. The zero-order valence-corrected chi connectivity index (χ0v) is 7.78. The second-order valence-electron chi connectivity index (χ2n) is 3.39. The molecule has 0 unspecified atom stereocenters. The first kappa shape index (κ1) is 9.74. The summed E-state index contributed by atoms with van der Waals surface area (Å²) in [5.74, 6) is 0.665. The third kappa shape index (κ3) is 3.25. The van der Waals surface area contributed by atoms with Crippen molar-refractivity contribution in [2.24, 2.45) is 5.73 Å². The molecule has 0 saturated carbocycles. The van der Waals surface area contributed by atoms with Crippen LogP contribution in [0.1, 0.15) is 24.2 Å². The molecule has 1 aromatic rings. The normalized spacial score (nSPS) is 11.0. The fraction of sp³-hybridized carbons (Fsp3) is 0.300. The minimum atomic E-state index is -0.692. The molecule has 0 aliphatic carbocycles. The summed E-state index contributed by atoms with van der Waals surface area (Å²) >= 11 is 0. The van der Waals surface area contributed by atoms with Crippen molar-refractivity contribution in [1.82, 2.24) is 0 Å². The summed E-state index contributed by atoms with van der Waals surface area (Å²) < 4.78 is 5.36. The average molecular weight is 179 g/mol. The van der Waals surface area contributed by atoms with Gasteiger partial charge in [-0.05, 0) is 38.1 Å². The highest BCUT2D eigenvalue weighted by Crippen LogP contribution is 2.15. The van der Waals surface area contributed by atoms with Crippen molar-refractivity contribution in [3.63, 3.8) is 0 Å². The van der Waals surface area contributed by atoms with Crippen molar-refractivity contribution in [3.05, 3.63) is 29.8 Å². The molecule has 3 nitrogen and oxygen atoms in total. The molecule has 0 radical (unpaired) electrons. The van der Waals surface area contributed by atoms with Crippen molar-refractivity contribution in [2.75, 3.05) is 0 Å². The molecule has 2 N–H and O–H groups in total. The zero-order valence-electron chi connectivity index (χ0n) is 7.78. The van der Waals surface area contributed by atoms with Gasteiger partial charge in [-0.1, -0.05) is 0 Å². The predicted octanol–water partition coefficient (Wildman–Crippen LogP) is 1.57. The maximum absolute atomic E-state index is 10.3. The monoisotopic (exact) mass is 179 g/mol. The van der Waals surface area contributed by atoms with E-state index < -0.39 is 5.72 Å². The van der Waals surface area contributed by atoms with E-state index >= 15 is 0 Å². The molecule has 0 spiro atoms. The van der Waals surface area contributed by atoms with E-state index in [-0.39, 0.29) is 0 Å². The van der Waals surface area contributed by atoms with Gasteiger partial charge < -0.3 is 4.74 Å². The first-order valence-corrected chi connectivity index (χ1v) is 4.04. The smallest absolute Gasteiger partial charge is 0.152 e. The van der Waals surface area contributed by atoms with Gasteiger partial charge >= 0.3 is 0 Å². The Hall–Kier alpha value is -1.35. The van der Waals surface area contributed by atoms with E-state index in [1.54, 1.807) is 38.1 Å². The molecular weight excluding hydrogens is 166 g/mol. The van der Waals surface area contributed by atoms with E-state index in [0.717, 1.165) is 6.29 Å². The molecule has 0 saturated heterocycles. The summed E-state index contributed by atoms with van der Waals surface area (Å²) in [6.07, 6.45) is 0.789. The number of carbonyl (C=O) groups excluding carboxylic acids is 1. The van der Waals surface area contributed by atoms with E-state index in [4.69, 9.17) is 10.5 Å². The standard InChI is InChI=1S/C10H13NO2/c1-10(2,11)13-9-5-3-8(7-12)4-6-9/h3-7H,11H2,1-2H3. The van der Waals surface area contributed by atoms with Gasteiger partial charge in [-0.2, -0.15) is 0 Å². The fourth-order valence-electron chi connectivity index (χ4n) is 0.918. The quantitative estimate of drug-likeness (QED) is 0.566. The van der Waals surface area contributed by atoms with Crippen LogP contribution in [0.2, 0.25) is 0 Å². The molecule has 0 bridgehead atoms. The molecule has 0 atom stereocenters. The van der Waals surface area contributed by atoms with Gasteiger partial charge in [0.25, 0.3) is 0 Å². The van der Waals surface area contributed by atoms with Crippen LogP contribution in [0.25, 0.3) is 0 Å². The predicted molar refractivity (Wildman–Crippen MR) is 50.7 cm³/mol. The van der Waals surface area contributed by atoms with Crippen LogP contribution in [0.5, 0.6) is 5.75 Å². The minimum absolute atomic E-state index is 0.627. The van der Waals surface area contributed by atoms with Crippen LogP contribution in [-0.4, -0.2) is 12.0 Å². The van der Waals surface area contributed by atoms with Crippen molar-refractivity contribution in [3.8, 4) is 5.75 Å². The Balaban J connectivity index is 2.75. The summed E-state index contributed by atoms with van der Waals surface area (Å²) in [7, 11) is 0. The summed E-state index contributed by atoms with van der Waals surface area (Å²) in [5.41, 5.74) is 5.58. The molecule has 0 fully saturated rings. The van der Waals surface area contributed by atoms with Gasteiger partial charge in [-0.25, -0.2) is 0 Å². The molecule has 0 amide bonds. The Labute approximate surface area is 77.5 Å². The first-order valence-electron chi connectivity index (χ1n) is 4.04. The van der Waals surface area contributed by atoms with Crippen LogP contribution in [0, 0.1) is 0 Å². The SMILES string of the molecule is CC(C)(N)Oc1ccc(C=O)cc1. The molecule has 3 heteroatoms. The fourth-order valence-corrected chi connectivity index (χ4v) is 0.918. The van der Waals surface area contributed by atoms with Crippen LogP contribution in [0.4, 0.5) is 0 Å². The Morgan fingerprint density at radius 2 is 1.85 bits per heavy atom. The molecule has 0 heterocycles. The molecule has 70 valence electrons. The topological polar surface area (TPSA) is 52.3 Å². The van der Waals surface area contributed by atoms with E-state index in [2.05, 4.69) is 0 Å². The molecular formula is C10H13NO2. The van der Waals surface area contributed by atoms with E-state index in [1.807, 2.05) is 0 Å². The highest BCUT2D eigenvalue weighted by Gasteiger charge is 2.11. The summed E-state index contributed by atoms with van der Waals surface area (Å²) in [6, 6.07) is 6.82. The van der Waals surface area contributed by atoms with Gasteiger partial charge in [-0.15, -0.1) is 0 Å². The van der Waals surface area contributed by atoms with Gasteiger partial charge in [0.2, 0.25) is 0 Å². The summed E-state index contributed by atoms with van der Waals surface area (Å²) in [5, 5.41) is 0. The summed E-state index contributed by atoms with van der Waals surface area (Å²) in [4.78, 5) is 10.3. The van der Waals surface area contributed by atoms with E-state index in [1.165, 1.54) is 0 Å². The van der Waals surface area contributed by atoms with Crippen molar-refractivity contribution in [1.29, 1.82) is 0 Å². The molecule has 1 rings (SSSR count).